The highest BCUT2D eigenvalue weighted by Gasteiger charge is 2.16. The Kier molecular flexibility index (Phi) is 4.86. The topological polar surface area (TPSA) is 44.4 Å². The zero-order valence-electron chi connectivity index (χ0n) is 14.8. The second-order valence-corrected chi connectivity index (χ2v) is 7.09. The number of furan rings is 1. The van der Waals surface area contributed by atoms with Crippen LogP contribution in [0.2, 0.25) is 0 Å². The molecule has 2 heterocycles. The molecule has 2 aromatic heterocycles. The number of nitrogens with zero attached hydrogens (tertiary/aromatic N) is 1. The Bertz CT molecular complexity index is 1100. The summed E-state index contributed by atoms with van der Waals surface area (Å²) in [5, 5.41) is 1.14. The molecule has 0 unspecified atom stereocenters. The zero-order valence-corrected chi connectivity index (χ0v) is 16.4. The van der Waals surface area contributed by atoms with Gasteiger partial charge in [-0.05, 0) is 48.9 Å². The maximum atomic E-state index is 11.9. The lowest BCUT2D eigenvalue weighted by atomic mass is 10.1. The summed E-state index contributed by atoms with van der Waals surface area (Å²) in [4.78, 5) is 11.9. The van der Waals surface area contributed by atoms with E-state index in [0.29, 0.717) is 18.9 Å². The standard InChI is InChI=1S/C22H18BrNO3/c1-2-26-22(25)21-11-9-18(27-21)14-24-19-10-8-17(23)12-16(19)13-20(24)15-6-4-3-5-7-15/h3-13H,2,14H2,1H3. The molecule has 0 amide bonds. The van der Waals surface area contributed by atoms with Gasteiger partial charge in [0.25, 0.3) is 0 Å². The van der Waals surface area contributed by atoms with E-state index in [9.17, 15) is 4.79 Å². The summed E-state index contributed by atoms with van der Waals surface area (Å²) in [5.41, 5.74) is 3.32. The highest BCUT2D eigenvalue weighted by molar-refractivity contribution is 9.10. The minimum Gasteiger partial charge on any atom is -0.460 e. The summed E-state index contributed by atoms with van der Waals surface area (Å²) in [7, 11) is 0. The molecule has 2 aromatic carbocycles. The average Bonchev–Trinajstić information content (AvgIpc) is 3.28. The molecule has 0 aliphatic carbocycles. The van der Waals surface area contributed by atoms with Gasteiger partial charge in [-0.2, -0.15) is 0 Å². The average molecular weight is 424 g/mol. The van der Waals surface area contributed by atoms with Crippen molar-refractivity contribution >= 4 is 32.8 Å². The molecule has 0 radical (unpaired) electrons. The van der Waals surface area contributed by atoms with Crippen molar-refractivity contribution in [2.24, 2.45) is 0 Å². The Labute approximate surface area is 165 Å². The number of ether oxygens (including phenoxy) is 1. The van der Waals surface area contributed by atoms with Gasteiger partial charge in [0.2, 0.25) is 5.76 Å². The highest BCUT2D eigenvalue weighted by atomic mass is 79.9. The van der Waals surface area contributed by atoms with Crippen LogP contribution in [0.25, 0.3) is 22.2 Å². The predicted octanol–water partition coefficient (Wildman–Crippen LogP) is 5.89. The fourth-order valence-electron chi connectivity index (χ4n) is 3.19. The van der Waals surface area contributed by atoms with Crippen molar-refractivity contribution in [3.05, 3.63) is 82.7 Å². The second kappa shape index (κ2) is 7.45. The SMILES string of the molecule is CCOC(=O)c1ccc(Cn2c(-c3ccccc3)cc3cc(Br)ccc32)o1. The van der Waals surface area contributed by atoms with Crippen molar-refractivity contribution < 1.29 is 13.9 Å². The van der Waals surface area contributed by atoms with Crippen molar-refractivity contribution in [1.29, 1.82) is 0 Å². The number of rotatable bonds is 5. The van der Waals surface area contributed by atoms with Crippen molar-refractivity contribution in [1.82, 2.24) is 4.57 Å². The normalized spacial score (nSPS) is 11.0. The number of fused-ring (bicyclic) bond motifs is 1. The summed E-state index contributed by atoms with van der Waals surface area (Å²) in [6.45, 7) is 2.62. The minimum atomic E-state index is -0.437. The fraction of sp³-hybridized carbons (Fsp3) is 0.136. The van der Waals surface area contributed by atoms with Crippen LogP contribution in [0.1, 0.15) is 23.2 Å². The number of carbonyl (C=O) groups excluding carboxylic acids is 1. The Morgan fingerprint density at radius 3 is 2.67 bits per heavy atom. The smallest absolute Gasteiger partial charge is 0.374 e. The van der Waals surface area contributed by atoms with Crippen molar-refractivity contribution in [3.63, 3.8) is 0 Å². The van der Waals surface area contributed by atoms with E-state index in [4.69, 9.17) is 9.15 Å². The van der Waals surface area contributed by atoms with E-state index in [0.717, 1.165) is 26.6 Å². The van der Waals surface area contributed by atoms with Gasteiger partial charge in [-0.1, -0.05) is 46.3 Å². The molecule has 0 bridgehead atoms. The monoisotopic (exact) mass is 423 g/mol. The molecule has 0 saturated heterocycles. The van der Waals surface area contributed by atoms with Crippen LogP contribution in [-0.2, 0) is 11.3 Å². The lowest BCUT2D eigenvalue weighted by Gasteiger charge is -2.10. The molecule has 4 rings (SSSR count). The first kappa shape index (κ1) is 17.6. The number of carbonyl (C=O) groups is 1. The van der Waals surface area contributed by atoms with Crippen LogP contribution in [0.15, 0.2) is 75.6 Å². The Morgan fingerprint density at radius 1 is 1.07 bits per heavy atom. The molecule has 27 heavy (non-hydrogen) atoms. The minimum absolute atomic E-state index is 0.229. The van der Waals surface area contributed by atoms with Gasteiger partial charge in [0.15, 0.2) is 0 Å². The zero-order chi connectivity index (χ0) is 18.8. The van der Waals surface area contributed by atoms with E-state index in [1.807, 2.05) is 30.3 Å². The fourth-order valence-corrected chi connectivity index (χ4v) is 3.57. The van der Waals surface area contributed by atoms with E-state index < -0.39 is 5.97 Å². The first-order chi connectivity index (χ1) is 13.2. The Morgan fingerprint density at radius 2 is 1.89 bits per heavy atom. The number of hydrogen-bond acceptors (Lipinski definition) is 3. The first-order valence-corrected chi connectivity index (χ1v) is 9.55. The van der Waals surface area contributed by atoms with Crippen LogP contribution in [0.5, 0.6) is 0 Å². The molecule has 0 spiro atoms. The largest absolute Gasteiger partial charge is 0.460 e. The van der Waals surface area contributed by atoms with Gasteiger partial charge in [0.1, 0.15) is 5.76 Å². The van der Waals surface area contributed by atoms with Crippen molar-refractivity contribution in [2.75, 3.05) is 6.61 Å². The van der Waals surface area contributed by atoms with Crippen LogP contribution in [0, 0.1) is 0 Å². The number of benzene rings is 2. The van der Waals surface area contributed by atoms with Gasteiger partial charge in [-0.15, -0.1) is 0 Å². The van der Waals surface area contributed by atoms with Gasteiger partial charge >= 0.3 is 5.97 Å². The summed E-state index contributed by atoms with van der Waals surface area (Å²) in [6.07, 6.45) is 0. The van der Waals surface area contributed by atoms with Crippen LogP contribution in [0.4, 0.5) is 0 Å². The first-order valence-electron chi connectivity index (χ1n) is 8.76. The van der Waals surface area contributed by atoms with E-state index in [1.54, 1.807) is 13.0 Å². The molecular weight excluding hydrogens is 406 g/mol. The molecule has 0 atom stereocenters. The summed E-state index contributed by atoms with van der Waals surface area (Å²) < 4.78 is 14.0. The van der Waals surface area contributed by atoms with Gasteiger partial charge in [0.05, 0.1) is 13.2 Å². The van der Waals surface area contributed by atoms with Gasteiger partial charge in [0, 0.05) is 21.1 Å². The van der Waals surface area contributed by atoms with E-state index in [2.05, 4.69) is 50.8 Å². The lowest BCUT2D eigenvalue weighted by Crippen LogP contribution is -2.03. The molecule has 0 N–H and O–H groups in total. The molecule has 0 aliphatic rings. The molecule has 136 valence electrons. The quantitative estimate of drug-likeness (QED) is 0.376. The predicted molar refractivity (Wildman–Crippen MR) is 109 cm³/mol. The number of hydrogen-bond donors (Lipinski definition) is 0. The summed E-state index contributed by atoms with van der Waals surface area (Å²) in [5.74, 6) is 0.497. The van der Waals surface area contributed by atoms with Gasteiger partial charge in [-0.25, -0.2) is 4.79 Å². The van der Waals surface area contributed by atoms with Crippen molar-refractivity contribution in [3.8, 4) is 11.3 Å². The van der Waals surface area contributed by atoms with Crippen LogP contribution in [0.3, 0.4) is 0 Å². The van der Waals surface area contributed by atoms with E-state index >= 15 is 0 Å². The molecule has 5 heteroatoms. The summed E-state index contributed by atoms with van der Waals surface area (Å²) in [6, 6.07) is 22.1. The third-order valence-electron chi connectivity index (χ3n) is 4.39. The molecule has 0 saturated carbocycles. The Hall–Kier alpha value is -2.79. The molecule has 4 nitrogen and oxygen atoms in total. The van der Waals surface area contributed by atoms with E-state index in [-0.39, 0.29) is 5.76 Å². The van der Waals surface area contributed by atoms with E-state index in [1.165, 1.54) is 0 Å². The third kappa shape index (κ3) is 3.55. The second-order valence-electron chi connectivity index (χ2n) is 6.17. The maximum Gasteiger partial charge on any atom is 0.374 e. The maximum absolute atomic E-state index is 11.9. The molecule has 0 fully saturated rings. The highest BCUT2D eigenvalue weighted by Crippen LogP contribution is 2.31. The molecule has 4 aromatic rings. The van der Waals surface area contributed by atoms with Crippen LogP contribution in [-0.4, -0.2) is 17.1 Å². The number of esters is 1. The third-order valence-corrected chi connectivity index (χ3v) is 4.88. The van der Waals surface area contributed by atoms with Crippen molar-refractivity contribution in [2.45, 2.75) is 13.5 Å². The Balaban J connectivity index is 1.77. The molecular formula is C22H18BrNO3. The number of halogens is 1. The molecule has 0 aliphatic heterocycles. The number of aromatic nitrogens is 1. The van der Waals surface area contributed by atoms with Crippen LogP contribution < -0.4 is 0 Å². The van der Waals surface area contributed by atoms with Gasteiger partial charge < -0.3 is 13.7 Å². The summed E-state index contributed by atoms with van der Waals surface area (Å²) >= 11 is 3.54. The van der Waals surface area contributed by atoms with Crippen LogP contribution >= 0.6 is 15.9 Å². The van der Waals surface area contributed by atoms with Gasteiger partial charge in [-0.3, -0.25) is 0 Å². The lowest BCUT2D eigenvalue weighted by molar-refractivity contribution is 0.0488.